The number of alkyl halides is 3. The summed E-state index contributed by atoms with van der Waals surface area (Å²) >= 11 is 0. The van der Waals surface area contributed by atoms with E-state index < -0.39 is 28.8 Å². The average Bonchev–Trinajstić information content (AvgIpc) is 2.41. The van der Waals surface area contributed by atoms with E-state index in [1.807, 2.05) is 0 Å². The molecule has 0 atom stereocenters. The Hall–Kier alpha value is -1.81. The Balaban J connectivity index is 2.59. The third-order valence-electron chi connectivity index (χ3n) is 2.40. The van der Waals surface area contributed by atoms with Crippen molar-refractivity contribution in [2.24, 2.45) is 0 Å². The van der Waals surface area contributed by atoms with Crippen LogP contribution in [0.25, 0.3) is 0 Å². The summed E-state index contributed by atoms with van der Waals surface area (Å²) < 4.78 is 66.2. The molecule has 0 aromatic heterocycles. The van der Waals surface area contributed by atoms with Gasteiger partial charge in [0, 0.05) is 13.0 Å². The summed E-state index contributed by atoms with van der Waals surface area (Å²) in [7, 11) is -3.84. The number of carboxylic acid groups (broad SMARTS) is 1. The second kappa shape index (κ2) is 7.45. The maximum Gasteiger partial charge on any atom is 0.422 e. The first kappa shape index (κ1) is 18.2. The highest BCUT2D eigenvalue weighted by Gasteiger charge is 2.28. The number of hydrogen-bond donors (Lipinski definition) is 2. The second-order valence-electron chi connectivity index (χ2n) is 4.27. The first-order valence-electron chi connectivity index (χ1n) is 6.11. The molecule has 0 spiro atoms. The Morgan fingerprint density at radius 2 is 1.82 bits per heavy atom. The van der Waals surface area contributed by atoms with Gasteiger partial charge in [-0.2, -0.15) is 13.2 Å². The number of halogens is 3. The summed E-state index contributed by atoms with van der Waals surface area (Å²) in [5, 5.41) is 8.43. The zero-order valence-corrected chi connectivity index (χ0v) is 12.1. The van der Waals surface area contributed by atoms with Crippen LogP contribution in [0.5, 0.6) is 5.75 Å². The SMILES string of the molecule is O=C(O)CCCNS(=O)(=O)c1ccc(OCC(F)(F)F)cc1. The van der Waals surface area contributed by atoms with Gasteiger partial charge < -0.3 is 9.84 Å². The molecule has 0 bridgehead atoms. The Kier molecular flexibility index (Phi) is 6.18. The second-order valence-corrected chi connectivity index (χ2v) is 6.04. The van der Waals surface area contributed by atoms with Gasteiger partial charge in [-0.15, -0.1) is 0 Å². The molecule has 0 aliphatic heterocycles. The van der Waals surface area contributed by atoms with Crippen molar-refractivity contribution in [2.75, 3.05) is 13.2 Å². The van der Waals surface area contributed by atoms with Gasteiger partial charge in [-0.3, -0.25) is 4.79 Å². The topological polar surface area (TPSA) is 92.7 Å². The highest BCUT2D eigenvalue weighted by atomic mass is 32.2. The Bertz CT molecular complexity index is 598. The number of hydrogen-bond acceptors (Lipinski definition) is 4. The Morgan fingerprint density at radius 3 is 2.32 bits per heavy atom. The van der Waals surface area contributed by atoms with Gasteiger partial charge in [0.15, 0.2) is 6.61 Å². The molecule has 0 aliphatic carbocycles. The van der Waals surface area contributed by atoms with Crippen LogP contribution in [-0.2, 0) is 14.8 Å². The van der Waals surface area contributed by atoms with E-state index in [4.69, 9.17) is 5.11 Å². The van der Waals surface area contributed by atoms with Gasteiger partial charge in [0.05, 0.1) is 4.90 Å². The van der Waals surface area contributed by atoms with E-state index in [2.05, 4.69) is 9.46 Å². The molecule has 22 heavy (non-hydrogen) atoms. The van der Waals surface area contributed by atoms with Gasteiger partial charge in [0.25, 0.3) is 0 Å². The molecular weight excluding hydrogens is 327 g/mol. The van der Waals surface area contributed by atoms with Gasteiger partial charge in [-0.1, -0.05) is 0 Å². The van der Waals surface area contributed by atoms with Crippen LogP contribution in [0.4, 0.5) is 13.2 Å². The van der Waals surface area contributed by atoms with Gasteiger partial charge in [0.1, 0.15) is 5.75 Å². The molecule has 0 saturated carbocycles. The van der Waals surface area contributed by atoms with Crippen molar-refractivity contribution in [3.8, 4) is 5.75 Å². The number of ether oxygens (including phenoxy) is 1. The van der Waals surface area contributed by atoms with Gasteiger partial charge >= 0.3 is 12.1 Å². The van der Waals surface area contributed by atoms with E-state index in [1.165, 1.54) is 0 Å². The summed E-state index contributed by atoms with van der Waals surface area (Å²) in [6.45, 7) is -1.52. The van der Waals surface area contributed by atoms with Crippen LogP contribution in [0.3, 0.4) is 0 Å². The maximum atomic E-state index is 12.0. The quantitative estimate of drug-likeness (QED) is 0.703. The smallest absolute Gasteiger partial charge is 0.422 e. The predicted molar refractivity (Wildman–Crippen MR) is 70.1 cm³/mol. The van der Waals surface area contributed by atoms with Crippen molar-refractivity contribution in [1.29, 1.82) is 0 Å². The Morgan fingerprint density at radius 1 is 1.23 bits per heavy atom. The lowest BCUT2D eigenvalue weighted by Crippen LogP contribution is -2.25. The van der Waals surface area contributed by atoms with Crippen LogP contribution in [0, 0.1) is 0 Å². The van der Waals surface area contributed by atoms with Crippen LogP contribution in [0.1, 0.15) is 12.8 Å². The van der Waals surface area contributed by atoms with Gasteiger partial charge in [-0.05, 0) is 30.7 Å². The minimum atomic E-state index is -4.48. The number of benzene rings is 1. The molecule has 0 saturated heterocycles. The van der Waals surface area contributed by atoms with Gasteiger partial charge in [0.2, 0.25) is 10.0 Å². The number of aliphatic carboxylic acids is 1. The summed E-state index contributed by atoms with van der Waals surface area (Å²) in [4.78, 5) is 10.1. The number of sulfonamides is 1. The molecule has 1 aromatic rings. The zero-order valence-electron chi connectivity index (χ0n) is 11.3. The van der Waals surface area contributed by atoms with Crippen molar-refractivity contribution >= 4 is 16.0 Å². The molecule has 0 aliphatic rings. The first-order valence-corrected chi connectivity index (χ1v) is 7.59. The summed E-state index contributed by atoms with van der Waals surface area (Å²) in [5.74, 6) is -1.15. The molecule has 1 rings (SSSR count). The largest absolute Gasteiger partial charge is 0.484 e. The molecule has 124 valence electrons. The van der Waals surface area contributed by atoms with E-state index >= 15 is 0 Å². The highest BCUT2D eigenvalue weighted by molar-refractivity contribution is 7.89. The molecule has 0 amide bonds. The standard InChI is InChI=1S/C12H14F3NO5S/c13-12(14,15)8-21-9-3-5-10(6-4-9)22(19,20)16-7-1-2-11(17)18/h3-6,16H,1-2,7-8H2,(H,17,18). The molecular formula is C12H14F3NO5S. The van der Waals surface area contributed by atoms with Crippen LogP contribution < -0.4 is 9.46 Å². The zero-order chi connectivity index (χ0) is 16.8. The van der Waals surface area contributed by atoms with Crippen molar-refractivity contribution in [3.05, 3.63) is 24.3 Å². The minimum absolute atomic E-state index is 0.0546. The first-order chi connectivity index (χ1) is 10.1. The number of carboxylic acids is 1. The van der Waals surface area contributed by atoms with E-state index in [-0.39, 0.29) is 30.0 Å². The van der Waals surface area contributed by atoms with E-state index in [9.17, 15) is 26.4 Å². The molecule has 1 aromatic carbocycles. The minimum Gasteiger partial charge on any atom is -0.484 e. The fourth-order valence-electron chi connectivity index (χ4n) is 1.41. The summed E-state index contributed by atoms with van der Waals surface area (Å²) in [6.07, 6.45) is -4.52. The van der Waals surface area contributed by atoms with Crippen molar-refractivity contribution in [3.63, 3.8) is 0 Å². The molecule has 0 unspecified atom stereocenters. The normalized spacial score (nSPS) is 12.1. The summed E-state index contributed by atoms with van der Waals surface area (Å²) in [6, 6.07) is 4.42. The van der Waals surface area contributed by atoms with Crippen molar-refractivity contribution in [2.45, 2.75) is 23.9 Å². The monoisotopic (exact) mass is 341 g/mol. The van der Waals surface area contributed by atoms with Crippen LogP contribution in [0.15, 0.2) is 29.2 Å². The molecule has 0 radical (unpaired) electrons. The fourth-order valence-corrected chi connectivity index (χ4v) is 2.48. The van der Waals surface area contributed by atoms with Crippen LogP contribution in [0.2, 0.25) is 0 Å². The molecule has 10 heteroatoms. The highest BCUT2D eigenvalue weighted by Crippen LogP contribution is 2.20. The van der Waals surface area contributed by atoms with Crippen LogP contribution >= 0.6 is 0 Å². The lowest BCUT2D eigenvalue weighted by Gasteiger charge is -2.10. The average molecular weight is 341 g/mol. The van der Waals surface area contributed by atoms with Gasteiger partial charge in [-0.25, -0.2) is 13.1 Å². The van der Waals surface area contributed by atoms with E-state index in [0.717, 1.165) is 24.3 Å². The number of nitrogens with one attached hydrogen (secondary N) is 1. The van der Waals surface area contributed by atoms with Crippen LogP contribution in [-0.4, -0.2) is 38.8 Å². The Labute approximate surface area is 124 Å². The molecule has 6 nitrogen and oxygen atoms in total. The third-order valence-corrected chi connectivity index (χ3v) is 3.87. The van der Waals surface area contributed by atoms with E-state index in [0.29, 0.717) is 0 Å². The lowest BCUT2D eigenvalue weighted by atomic mass is 10.3. The van der Waals surface area contributed by atoms with Crippen molar-refractivity contribution < 1.29 is 36.2 Å². The van der Waals surface area contributed by atoms with E-state index in [1.54, 1.807) is 0 Å². The summed E-state index contributed by atoms with van der Waals surface area (Å²) in [5.41, 5.74) is 0. The third kappa shape index (κ3) is 6.76. The number of rotatable bonds is 8. The fraction of sp³-hybridized carbons (Fsp3) is 0.417. The lowest BCUT2D eigenvalue weighted by molar-refractivity contribution is -0.153. The van der Waals surface area contributed by atoms with Crippen molar-refractivity contribution in [1.82, 2.24) is 4.72 Å². The molecule has 2 N–H and O–H groups in total. The number of carbonyl (C=O) groups is 1. The predicted octanol–water partition coefficient (Wildman–Crippen LogP) is 1.77. The maximum absolute atomic E-state index is 12.0. The molecule has 0 heterocycles. The molecule has 0 fully saturated rings.